The summed E-state index contributed by atoms with van der Waals surface area (Å²) in [5.74, 6) is -0.292. The van der Waals surface area contributed by atoms with Gasteiger partial charge in [0.2, 0.25) is 5.91 Å². The zero-order chi connectivity index (χ0) is 23.6. The summed E-state index contributed by atoms with van der Waals surface area (Å²) in [5.41, 5.74) is 4.53. The Morgan fingerprint density at radius 3 is 2.59 bits per heavy atom. The van der Waals surface area contributed by atoms with Crippen molar-refractivity contribution >= 4 is 16.7 Å². The molecule has 0 saturated carbocycles. The Balaban J connectivity index is 1.36. The van der Waals surface area contributed by atoms with Gasteiger partial charge in [-0.2, -0.15) is 0 Å². The Labute approximate surface area is 203 Å². The minimum atomic E-state index is -0.292. The minimum absolute atomic E-state index is 0.292. The second-order valence-electron chi connectivity index (χ2n) is 9.43. The molecule has 5 heteroatoms. The Bertz CT molecular complexity index is 1030. The van der Waals surface area contributed by atoms with Crippen LogP contribution < -0.4 is 5.48 Å². The van der Waals surface area contributed by atoms with E-state index in [0.717, 1.165) is 58.4 Å². The summed E-state index contributed by atoms with van der Waals surface area (Å²) in [6.45, 7) is 5.37. The van der Waals surface area contributed by atoms with Crippen molar-refractivity contribution in [2.45, 2.75) is 51.1 Å². The molecule has 180 valence electrons. The monoisotopic (exact) mass is 459 g/mol. The molecule has 1 atom stereocenters. The third kappa shape index (κ3) is 6.89. The van der Waals surface area contributed by atoms with Crippen molar-refractivity contribution in [1.82, 2.24) is 15.3 Å². The quantitative estimate of drug-likeness (QED) is 0.227. The van der Waals surface area contributed by atoms with Crippen LogP contribution in [0.4, 0.5) is 0 Å². The zero-order valence-electron chi connectivity index (χ0n) is 20.0. The summed E-state index contributed by atoms with van der Waals surface area (Å²) in [5, 5.41) is 11.4. The van der Waals surface area contributed by atoms with Crippen LogP contribution >= 0.6 is 0 Å². The van der Waals surface area contributed by atoms with Crippen molar-refractivity contribution in [2.24, 2.45) is 0 Å². The first-order chi connectivity index (χ1) is 16.7. The van der Waals surface area contributed by atoms with E-state index in [9.17, 15) is 4.79 Å². The van der Waals surface area contributed by atoms with Gasteiger partial charge in [-0.05, 0) is 54.1 Å². The van der Waals surface area contributed by atoms with Gasteiger partial charge in [0.05, 0.1) is 0 Å². The van der Waals surface area contributed by atoms with E-state index in [-0.39, 0.29) is 5.91 Å². The molecule has 1 unspecified atom stereocenters. The van der Waals surface area contributed by atoms with Crippen LogP contribution in [0, 0.1) is 0 Å². The van der Waals surface area contributed by atoms with E-state index in [1.54, 1.807) is 5.48 Å². The highest BCUT2D eigenvalue weighted by Crippen LogP contribution is 2.22. The van der Waals surface area contributed by atoms with Gasteiger partial charge in [-0.3, -0.25) is 19.8 Å². The first-order valence-corrected chi connectivity index (χ1v) is 12.6. The molecule has 1 saturated heterocycles. The molecule has 2 N–H and O–H groups in total. The van der Waals surface area contributed by atoms with Crippen molar-refractivity contribution in [2.75, 3.05) is 26.2 Å². The second-order valence-corrected chi connectivity index (χ2v) is 9.43. The van der Waals surface area contributed by atoms with Crippen LogP contribution in [-0.2, 0) is 17.8 Å². The van der Waals surface area contributed by atoms with Gasteiger partial charge in [0.1, 0.15) is 0 Å². The summed E-state index contributed by atoms with van der Waals surface area (Å²) < 4.78 is 0. The molecule has 4 rings (SSSR count). The second kappa shape index (κ2) is 12.7. The number of hydroxylamine groups is 1. The largest absolute Gasteiger partial charge is 0.299 e. The van der Waals surface area contributed by atoms with Crippen LogP contribution in [-0.4, -0.2) is 53.1 Å². The number of carbonyl (C=O) groups excluding carboxylic acids is 1. The fourth-order valence-corrected chi connectivity index (χ4v) is 5.18. The first kappa shape index (κ1) is 24.4. The van der Waals surface area contributed by atoms with Gasteiger partial charge >= 0.3 is 0 Å². The van der Waals surface area contributed by atoms with Gasteiger partial charge in [0.15, 0.2) is 0 Å². The van der Waals surface area contributed by atoms with E-state index in [0.29, 0.717) is 12.5 Å². The Morgan fingerprint density at radius 2 is 1.74 bits per heavy atom. The van der Waals surface area contributed by atoms with Gasteiger partial charge < -0.3 is 0 Å². The molecule has 3 aromatic carbocycles. The van der Waals surface area contributed by atoms with E-state index in [2.05, 4.69) is 82.6 Å². The fourth-order valence-electron chi connectivity index (χ4n) is 5.18. The average molecular weight is 460 g/mol. The molecule has 34 heavy (non-hydrogen) atoms. The highest BCUT2D eigenvalue weighted by molar-refractivity contribution is 5.85. The van der Waals surface area contributed by atoms with E-state index in [1.807, 2.05) is 0 Å². The highest BCUT2D eigenvalue weighted by Gasteiger charge is 2.27. The lowest BCUT2D eigenvalue weighted by Crippen LogP contribution is -2.39. The van der Waals surface area contributed by atoms with Gasteiger partial charge in [-0.25, -0.2) is 5.48 Å². The average Bonchev–Trinajstić information content (AvgIpc) is 3.34. The maximum Gasteiger partial charge on any atom is 0.243 e. The molecule has 0 radical (unpaired) electrons. The molecule has 1 aliphatic heterocycles. The molecule has 1 heterocycles. The SMILES string of the molecule is O=C(CCCCCN(CCc1cccc2ccccc12)C1CCN(Cc2ccccc2)C1)NO. The predicted molar refractivity (Wildman–Crippen MR) is 138 cm³/mol. The predicted octanol–water partition coefficient (Wildman–Crippen LogP) is 5.02. The van der Waals surface area contributed by atoms with Gasteiger partial charge in [0.25, 0.3) is 0 Å². The molecule has 0 spiro atoms. The number of unbranched alkanes of at least 4 members (excludes halogenated alkanes) is 2. The highest BCUT2D eigenvalue weighted by atomic mass is 16.5. The summed E-state index contributed by atoms with van der Waals surface area (Å²) in [4.78, 5) is 16.6. The van der Waals surface area contributed by atoms with Gasteiger partial charge in [0, 0.05) is 38.6 Å². The number of hydrogen-bond donors (Lipinski definition) is 2. The van der Waals surface area contributed by atoms with Gasteiger partial charge in [-0.15, -0.1) is 0 Å². The zero-order valence-corrected chi connectivity index (χ0v) is 20.0. The Hall–Kier alpha value is -2.73. The number of nitrogens with one attached hydrogen (secondary N) is 1. The molecule has 1 amide bonds. The lowest BCUT2D eigenvalue weighted by atomic mass is 10.0. The normalized spacial score (nSPS) is 16.4. The fraction of sp³-hybridized carbons (Fsp3) is 0.414. The summed E-state index contributed by atoms with van der Waals surface area (Å²) in [6, 6.07) is 26.6. The number of likely N-dealkylation sites (tertiary alicyclic amines) is 1. The van der Waals surface area contributed by atoms with E-state index in [1.165, 1.54) is 28.3 Å². The number of benzene rings is 3. The lowest BCUT2D eigenvalue weighted by molar-refractivity contribution is -0.129. The first-order valence-electron chi connectivity index (χ1n) is 12.6. The number of rotatable bonds is 12. The number of fused-ring (bicyclic) bond motifs is 1. The summed E-state index contributed by atoms with van der Waals surface area (Å²) in [7, 11) is 0. The molecule has 1 aliphatic rings. The lowest BCUT2D eigenvalue weighted by Gasteiger charge is -2.29. The number of amides is 1. The summed E-state index contributed by atoms with van der Waals surface area (Å²) >= 11 is 0. The van der Waals surface area contributed by atoms with E-state index < -0.39 is 0 Å². The Kier molecular flexibility index (Phi) is 9.08. The van der Waals surface area contributed by atoms with Crippen LogP contribution in [0.25, 0.3) is 10.8 Å². The maximum absolute atomic E-state index is 11.3. The van der Waals surface area contributed by atoms with Crippen molar-refractivity contribution in [3.8, 4) is 0 Å². The molecule has 3 aromatic rings. The Morgan fingerprint density at radius 1 is 0.941 bits per heavy atom. The van der Waals surface area contributed by atoms with E-state index in [4.69, 9.17) is 5.21 Å². The number of carbonyl (C=O) groups is 1. The number of hydrogen-bond acceptors (Lipinski definition) is 4. The smallest absolute Gasteiger partial charge is 0.243 e. The van der Waals surface area contributed by atoms with Crippen LogP contribution in [0.3, 0.4) is 0 Å². The van der Waals surface area contributed by atoms with Crippen molar-refractivity contribution in [3.63, 3.8) is 0 Å². The maximum atomic E-state index is 11.3. The van der Waals surface area contributed by atoms with Crippen LogP contribution in [0.1, 0.15) is 43.2 Å². The third-order valence-electron chi connectivity index (χ3n) is 7.04. The van der Waals surface area contributed by atoms with Crippen molar-refractivity contribution in [3.05, 3.63) is 83.9 Å². The number of nitrogens with zero attached hydrogens (tertiary/aromatic N) is 2. The van der Waals surface area contributed by atoms with Crippen LogP contribution in [0.2, 0.25) is 0 Å². The van der Waals surface area contributed by atoms with Crippen molar-refractivity contribution in [1.29, 1.82) is 0 Å². The minimum Gasteiger partial charge on any atom is -0.299 e. The molecule has 0 aliphatic carbocycles. The topological polar surface area (TPSA) is 55.8 Å². The molecule has 1 fully saturated rings. The van der Waals surface area contributed by atoms with Crippen LogP contribution in [0.5, 0.6) is 0 Å². The molecule has 0 bridgehead atoms. The summed E-state index contributed by atoms with van der Waals surface area (Å²) in [6.07, 6.45) is 5.52. The third-order valence-corrected chi connectivity index (χ3v) is 7.04. The van der Waals surface area contributed by atoms with Gasteiger partial charge in [-0.1, -0.05) is 79.2 Å². The molecule has 5 nitrogen and oxygen atoms in total. The molecular weight excluding hydrogens is 422 g/mol. The standard InChI is InChI=1S/C29H37N3O2/c33-29(30-34)16-5-2-8-19-32(21-17-26-14-9-13-25-12-6-7-15-28(25)26)27-18-20-31(23-27)22-24-10-3-1-4-11-24/h1,3-4,6-7,9-15,27,34H,2,5,8,16-23H2,(H,30,33). The van der Waals surface area contributed by atoms with Crippen molar-refractivity contribution < 1.29 is 10.0 Å². The van der Waals surface area contributed by atoms with Crippen LogP contribution in [0.15, 0.2) is 72.8 Å². The van der Waals surface area contributed by atoms with E-state index >= 15 is 0 Å². The molecule has 0 aromatic heterocycles. The molecular formula is C29H37N3O2.